The summed E-state index contributed by atoms with van der Waals surface area (Å²) in [5, 5.41) is 0. The molecule has 182 valence electrons. The Morgan fingerprint density at radius 3 is 2.42 bits per heavy atom. The number of nitrogens with zero attached hydrogens (tertiary/aromatic N) is 2. The number of esters is 1. The van der Waals surface area contributed by atoms with Crippen molar-refractivity contribution in [3.05, 3.63) is 48.6 Å². The standard InChI is InChI=1S/C25H36N2O6/c1-6-10-20-13-14-21(27(20)24(30)33-25(2,3)4)17-26(16-15-22(28)31-5)23(29)32-18-19-11-8-7-9-12-19/h6-9,11-12,20-21H,1,10,13-18H2,2-5H3/t20-,21+/m1/s1. The van der Waals surface area contributed by atoms with E-state index in [9.17, 15) is 14.4 Å². The van der Waals surface area contributed by atoms with Crippen LogP contribution < -0.4 is 0 Å². The number of carbonyl (C=O) groups excluding carboxylic acids is 3. The topological polar surface area (TPSA) is 85.4 Å². The van der Waals surface area contributed by atoms with E-state index in [1.54, 1.807) is 11.0 Å². The van der Waals surface area contributed by atoms with E-state index in [1.807, 2.05) is 51.1 Å². The van der Waals surface area contributed by atoms with Gasteiger partial charge in [-0.1, -0.05) is 36.4 Å². The van der Waals surface area contributed by atoms with Crippen LogP contribution in [0, 0.1) is 0 Å². The highest BCUT2D eigenvalue weighted by Gasteiger charge is 2.40. The molecule has 1 aliphatic rings. The maximum absolute atomic E-state index is 13.0. The van der Waals surface area contributed by atoms with Crippen LogP contribution >= 0.6 is 0 Å². The number of likely N-dealkylation sites (tertiary alicyclic amines) is 1. The molecule has 1 aromatic rings. The molecule has 2 amide bonds. The number of ether oxygens (including phenoxy) is 3. The van der Waals surface area contributed by atoms with Gasteiger partial charge in [-0.05, 0) is 45.6 Å². The molecule has 1 heterocycles. The maximum atomic E-state index is 13.0. The molecule has 8 heteroatoms. The summed E-state index contributed by atoms with van der Waals surface area (Å²) in [6.45, 7) is 9.75. The summed E-state index contributed by atoms with van der Waals surface area (Å²) in [6.07, 6.45) is 2.98. The molecule has 0 aliphatic carbocycles. The number of hydrogen-bond acceptors (Lipinski definition) is 6. The lowest BCUT2D eigenvalue weighted by molar-refractivity contribution is -0.140. The van der Waals surface area contributed by atoms with Crippen molar-refractivity contribution < 1.29 is 28.6 Å². The lowest BCUT2D eigenvalue weighted by Gasteiger charge is -2.34. The summed E-state index contributed by atoms with van der Waals surface area (Å²) < 4.78 is 15.9. The zero-order chi connectivity index (χ0) is 24.4. The van der Waals surface area contributed by atoms with Gasteiger partial charge in [0.1, 0.15) is 12.2 Å². The summed E-state index contributed by atoms with van der Waals surface area (Å²) >= 11 is 0. The smallest absolute Gasteiger partial charge is 0.410 e. The normalized spacial score (nSPS) is 17.9. The lowest BCUT2D eigenvalue weighted by atomic mass is 10.1. The molecule has 0 aromatic heterocycles. The fraction of sp³-hybridized carbons (Fsp3) is 0.560. The minimum Gasteiger partial charge on any atom is -0.469 e. The van der Waals surface area contributed by atoms with Gasteiger partial charge in [-0.25, -0.2) is 9.59 Å². The molecular weight excluding hydrogens is 424 g/mol. The van der Waals surface area contributed by atoms with Gasteiger partial charge in [0.2, 0.25) is 0 Å². The molecule has 1 aliphatic heterocycles. The van der Waals surface area contributed by atoms with Crippen molar-refractivity contribution in [3.63, 3.8) is 0 Å². The Bertz CT molecular complexity index is 805. The van der Waals surface area contributed by atoms with E-state index in [4.69, 9.17) is 14.2 Å². The Morgan fingerprint density at radius 1 is 1.15 bits per heavy atom. The summed E-state index contributed by atoms with van der Waals surface area (Å²) in [5.74, 6) is -0.421. The van der Waals surface area contributed by atoms with Crippen molar-refractivity contribution in [2.24, 2.45) is 0 Å². The highest BCUT2D eigenvalue weighted by Crippen LogP contribution is 2.29. The second kappa shape index (κ2) is 12.3. The van der Waals surface area contributed by atoms with E-state index in [0.717, 1.165) is 12.0 Å². The Balaban J connectivity index is 2.14. The average Bonchev–Trinajstić information content (AvgIpc) is 3.16. The summed E-state index contributed by atoms with van der Waals surface area (Å²) in [7, 11) is 1.31. The number of rotatable bonds is 9. The number of methoxy groups -OCH3 is 1. The van der Waals surface area contributed by atoms with E-state index >= 15 is 0 Å². The predicted octanol–water partition coefficient (Wildman–Crippen LogP) is 4.53. The van der Waals surface area contributed by atoms with Crippen molar-refractivity contribution in [2.45, 2.75) is 70.7 Å². The van der Waals surface area contributed by atoms with Crippen LogP contribution in [0.15, 0.2) is 43.0 Å². The molecule has 2 rings (SSSR count). The highest BCUT2D eigenvalue weighted by atomic mass is 16.6. The zero-order valence-electron chi connectivity index (χ0n) is 20.1. The van der Waals surface area contributed by atoms with Crippen LogP contribution in [0.3, 0.4) is 0 Å². The van der Waals surface area contributed by atoms with E-state index in [-0.39, 0.29) is 38.2 Å². The average molecular weight is 461 g/mol. The van der Waals surface area contributed by atoms with Gasteiger partial charge in [-0.15, -0.1) is 6.58 Å². The first-order valence-corrected chi connectivity index (χ1v) is 11.3. The quantitative estimate of drug-likeness (QED) is 0.306. The zero-order valence-corrected chi connectivity index (χ0v) is 20.1. The third-order valence-electron chi connectivity index (χ3n) is 5.37. The fourth-order valence-electron chi connectivity index (χ4n) is 3.83. The SMILES string of the molecule is C=CC[C@@H]1CC[C@@H](CN(CCC(=O)OC)C(=O)OCc2ccccc2)N1C(=O)OC(C)(C)C. The number of benzene rings is 1. The monoisotopic (exact) mass is 460 g/mol. The van der Waals surface area contributed by atoms with Gasteiger partial charge in [0.15, 0.2) is 0 Å². The molecule has 0 unspecified atom stereocenters. The van der Waals surface area contributed by atoms with Crippen LogP contribution in [-0.4, -0.2) is 65.8 Å². The Hall–Kier alpha value is -3.03. The van der Waals surface area contributed by atoms with Crippen LogP contribution in [0.5, 0.6) is 0 Å². The molecule has 2 atom stereocenters. The molecular formula is C25H36N2O6. The Morgan fingerprint density at radius 2 is 1.82 bits per heavy atom. The largest absolute Gasteiger partial charge is 0.469 e. The highest BCUT2D eigenvalue weighted by molar-refractivity contribution is 5.72. The van der Waals surface area contributed by atoms with E-state index < -0.39 is 23.8 Å². The van der Waals surface area contributed by atoms with Crippen molar-refractivity contribution >= 4 is 18.2 Å². The Labute approximate surface area is 196 Å². The first-order chi connectivity index (χ1) is 15.6. The second-order valence-electron chi connectivity index (χ2n) is 9.11. The van der Waals surface area contributed by atoms with Crippen LogP contribution in [0.1, 0.15) is 52.0 Å². The van der Waals surface area contributed by atoms with Gasteiger partial charge in [0, 0.05) is 19.1 Å². The maximum Gasteiger partial charge on any atom is 0.410 e. The van der Waals surface area contributed by atoms with Gasteiger partial charge in [0.25, 0.3) is 0 Å². The molecule has 0 bridgehead atoms. The molecule has 1 fully saturated rings. The molecule has 33 heavy (non-hydrogen) atoms. The van der Waals surface area contributed by atoms with Crippen molar-refractivity contribution in [1.29, 1.82) is 0 Å². The van der Waals surface area contributed by atoms with Gasteiger partial charge in [0.05, 0.1) is 19.6 Å². The summed E-state index contributed by atoms with van der Waals surface area (Å²) in [6, 6.07) is 9.06. The minimum absolute atomic E-state index is 0.0339. The van der Waals surface area contributed by atoms with Crippen molar-refractivity contribution in [1.82, 2.24) is 9.80 Å². The molecule has 8 nitrogen and oxygen atoms in total. The summed E-state index contributed by atoms with van der Waals surface area (Å²) in [5.41, 5.74) is 0.225. The van der Waals surface area contributed by atoms with Crippen molar-refractivity contribution in [3.8, 4) is 0 Å². The Kier molecular flexibility index (Phi) is 9.75. The van der Waals surface area contributed by atoms with Crippen LogP contribution in [0.4, 0.5) is 9.59 Å². The first-order valence-electron chi connectivity index (χ1n) is 11.3. The molecule has 0 saturated carbocycles. The molecule has 0 N–H and O–H groups in total. The van der Waals surface area contributed by atoms with Crippen LogP contribution in [0.25, 0.3) is 0 Å². The van der Waals surface area contributed by atoms with Crippen molar-refractivity contribution in [2.75, 3.05) is 20.2 Å². The van der Waals surface area contributed by atoms with Gasteiger partial charge in [-0.3, -0.25) is 4.79 Å². The number of hydrogen-bond donors (Lipinski definition) is 0. The van der Waals surface area contributed by atoms with Gasteiger partial charge in [-0.2, -0.15) is 0 Å². The molecule has 0 radical (unpaired) electrons. The molecule has 0 spiro atoms. The van der Waals surface area contributed by atoms with Gasteiger partial charge < -0.3 is 24.0 Å². The fourth-order valence-corrected chi connectivity index (χ4v) is 3.83. The lowest BCUT2D eigenvalue weighted by Crippen LogP contribution is -2.49. The van der Waals surface area contributed by atoms with E-state index in [0.29, 0.717) is 12.8 Å². The third-order valence-corrected chi connectivity index (χ3v) is 5.37. The van der Waals surface area contributed by atoms with Crippen LogP contribution in [-0.2, 0) is 25.6 Å². The van der Waals surface area contributed by atoms with E-state index in [2.05, 4.69) is 6.58 Å². The second-order valence-corrected chi connectivity index (χ2v) is 9.11. The summed E-state index contributed by atoms with van der Waals surface area (Å²) in [4.78, 5) is 40.8. The van der Waals surface area contributed by atoms with E-state index in [1.165, 1.54) is 12.0 Å². The van der Waals surface area contributed by atoms with Gasteiger partial charge >= 0.3 is 18.2 Å². The third kappa shape index (κ3) is 8.44. The molecule has 1 saturated heterocycles. The molecule has 1 aromatic carbocycles. The predicted molar refractivity (Wildman–Crippen MR) is 125 cm³/mol. The van der Waals surface area contributed by atoms with Crippen LogP contribution in [0.2, 0.25) is 0 Å². The first kappa shape index (κ1) is 26.2. The number of carbonyl (C=O) groups is 3. The number of amides is 2. The minimum atomic E-state index is -0.637.